The van der Waals surface area contributed by atoms with E-state index in [1.54, 1.807) is 53.9 Å². The van der Waals surface area contributed by atoms with Gasteiger partial charge in [-0.05, 0) is 42.0 Å². The van der Waals surface area contributed by atoms with E-state index >= 15 is 0 Å². The van der Waals surface area contributed by atoms with Crippen LogP contribution in [0, 0.1) is 0 Å². The summed E-state index contributed by atoms with van der Waals surface area (Å²) in [6.45, 7) is 0. The van der Waals surface area contributed by atoms with Crippen molar-refractivity contribution < 1.29 is 12.8 Å². The number of rotatable bonds is 5. The lowest BCUT2D eigenvalue weighted by molar-refractivity contribution is 0.567. The van der Waals surface area contributed by atoms with Gasteiger partial charge in [0.2, 0.25) is 5.88 Å². The number of aliphatic imine (C=N–C) groups is 1. The molecule has 3 N–H and O–H groups in total. The van der Waals surface area contributed by atoms with Crippen LogP contribution in [0.1, 0.15) is 17.3 Å². The standard InChI is InChI=1S/C20H18N4O3S/c21-19-18-10-12-27-20(18)22-14-24(19)17-8-6-16(7-9-17)23-28(25,26)13-11-15-4-2-1-3-5-15/h1-14,19,23H,21H2. The van der Waals surface area contributed by atoms with Gasteiger partial charge in [0.05, 0.1) is 17.2 Å². The van der Waals surface area contributed by atoms with E-state index in [0.717, 1.165) is 22.2 Å². The molecule has 0 radical (unpaired) electrons. The van der Waals surface area contributed by atoms with E-state index in [4.69, 9.17) is 10.2 Å². The van der Waals surface area contributed by atoms with Crippen molar-refractivity contribution in [1.82, 2.24) is 0 Å². The van der Waals surface area contributed by atoms with E-state index in [2.05, 4.69) is 9.71 Å². The lowest BCUT2D eigenvalue weighted by Crippen LogP contribution is -2.35. The lowest BCUT2D eigenvalue weighted by atomic mass is 10.2. The molecule has 1 aliphatic heterocycles. The normalized spacial score (nSPS) is 16.3. The summed E-state index contributed by atoms with van der Waals surface area (Å²) in [5, 5.41) is 1.14. The molecule has 0 amide bonds. The van der Waals surface area contributed by atoms with Gasteiger partial charge in [0, 0.05) is 11.4 Å². The first-order valence-corrected chi connectivity index (χ1v) is 10.1. The molecule has 0 spiro atoms. The zero-order valence-corrected chi connectivity index (χ0v) is 15.6. The van der Waals surface area contributed by atoms with Gasteiger partial charge in [0.15, 0.2) is 0 Å². The average Bonchev–Trinajstić information content (AvgIpc) is 3.18. The van der Waals surface area contributed by atoms with E-state index in [1.807, 2.05) is 30.3 Å². The molecule has 142 valence electrons. The zero-order valence-electron chi connectivity index (χ0n) is 14.8. The highest BCUT2D eigenvalue weighted by Gasteiger charge is 2.24. The second-order valence-electron chi connectivity index (χ2n) is 6.19. The lowest BCUT2D eigenvalue weighted by Gasteiger charge is -2.29. The second kappa shape index (κ2) is 7.34. The maximum Gasteiger partial charge on any atom is 0.255 e. The van der Waals surface area contributed by atoms with Crippen LogP contribution in [0.3, 0.4) is 0 Å². The number of benzene rings is 2. The topological polar surface area (TPSA) is 101 Å². The Bertz CT molecular complexity index is 1120. The Morgan fingerprint density at radius 1 is 1.07 bits per heavy atom. The number of hydrogen-bond acceptors (Lipinski definition) is 6. The summed E-state index contributed by atoms with van der Waals surface area (Å²) < 4.78 is 32.3. The van der Waals surface area contributed by atoms with E-state index in [-0.39, 0.29) is 0 Å². The van der Waals surface area contributed by atoms with E-state index in [9.17, 15) is 8.42 Å². The van der Waals surface area contributed by atoms with Crippen molar-refractivity contribution in [3.8, 4) is 0 Å². The number of sulfonamides is 1. The quantitative estimate of drug-likeness (QED) is 0.685. The first-order valence-electron chi connectivity index (χ1n) is 8.53. The number of nitrogens with zero attached hydrogens (tertiary/aromatic N) is 2. The molecular formula is C20H18N4O3S. The third kappa shape index (κ3) is 3.83. The van der Waals surface area contributed by atoms with E-state index in [1.165, 1.54) is 0 Å². The van der Waals surface area contributed by atoms with Crippen LogP contribution in [0.15, 0.2) is 81.7 Å². The van der Waals surface area contributed by atoms with Gasteiger partial charge in [-0.2, -0.15) is 0 Å². The van der Waals surface area contributed by atoms with Gasteiger partial charge < -0.3 is 15.1 Å². The third-order valence-electron chi connectivity index (χ3n) is 4.26. The highest BCUT2D eigenvalue weighted by atomic mass is 32.2. The first kappa shape index (κ1) is 18.0. The van der Waals surface area contributed by atoms with Gasteiger partial charge in [-0.3, -0.25) is 4.72 Å². The molecule has 28 heavy (non-hydrogen) atoms. The summed E-state index contributed by atoms with van der Waals surface area (Å²) in [6.07, 6.45) is 4.26. The van der Waals surface area contributed by atoms with E-state index in [0.29, 0.717) is 11.6 Å². The molecule has 0 saturated heterocycles. The first-order chi connectivity index (χ1) is 13.5. The SMILES string of the molecule is NC1c2ccoc2N=CN1c1ccc(NS(=O)(=O)C=Cc2ccccc2)cc1. The van der Waals surface area contributed by atoms with Crippen molar-refractivity contribution in [3.63, 3.8) is 0 Å². The Balaban J connectivity index is 1.47. The highest BCUT2D eigenvalue weighted by molar-refractivity contribution is 7.95. The minimum Gasteiger partial charge on any atom is -0.446 e. The van der Waals surface area contributed by atoms with Crippen molar-refractivity contribution >= 4 is 39.7 Å². The molecule has 8 heteroatoms. The Morgan fingerprint density at radius 3 is 2.57 bits per heavy atom. The smallest absolute Gasteiger partial charge is 0.255 e. The Morgan fingerprint density at radius 2 is 1.82 bits per heavy atom. The van der Waals surface area contributed by atoms with Crippen LogP contribution in [-0.4, -0.2) is 14.8 Å². The Labute approximate surface area is 162 Å². The van der Waals surface area contributed by atoms with Crippen LogP contribution in [0.25, 0.3) is 6.08 Å². The number of nitrogens with one attached hydrogen (secondary N) is 1. The second-order valence-corrected chi connectivity index (χ2v) is 7.75. The summed E-state index contributed by atoms with van der Waals surface area (Å²) in [6, 6.07) is 17.9. The molecule has 0 bridgehead atoms. The van der Waals surface area contributed by atoms with Gasteiger partial charge in [-0.1, -0.05) is 30.3 Å². The molecule has 7 nitrogen and oxygen atoms in total. The minimum atomic E-state index is -3.62. The molecule has 1 aliphatic rings. The summed E-state index contributed by atoms with van der Waals surface area (Å²) in [7, 11) is -3.62. The molecule has 1 aromatic heterocycles. The Hall–Kier alpha value is -3.36. The fraction of sp³-hybridized carbons (Fsp3) is 0.0500. The summed E-state index contributed by atoms with van der Waals surface area (Å²) >= 11 is 0. The Kier molecular flexibility index (Phi) is 4.72. The van der Waals surface area contributed by atoms with Crippen molar-refractivity contribution in [3.05, 3.63) is 83.5 Å². The van der Waals surface area contributed by atoms with Gasteiger partial charge >= 0.3 is 0 Å². The maximum absolute atomic E-state index is 12.3. The van der Waals surface area contributed by atoms with Gasteiger partial charge in [0.25, 0.3) is 10.0 Å². The monoisotopic (exact) mass is 394 g/mol. The minimum absolute atomic E-state index is 0.428. The molecule has 2 heterocycles. The molecule has 1 atom stereocenters. The van der Waals surface area contributed by atoms with Crippen LogP contribution >= 0.6 is 0 Å². The van der Waals surface area contributed by atoms with Gasteiger partial charge in [-0.25, -0.2) is 13.4 Å². The van der Waals surface area contributed by atoms with Crippen molar-refractivity contribution in [2.75, 3.05) is 9.62 Å². The molecule has 0 saturated carbocycles. The predicted molar refractivity (Wildman–Crippen MR) is 111 cm³/mol. The zero-order chi connectivity index (χ0) is 19.6. The fourth-order valence-corrected chi connectivity index (χ4v) is 3.71. The number of hydrogen-bond donors (Lipinski definition) is 2. The fourth-order valence-electron chi connectivity index (χ4n) is 2.84. The molecular weight excluding hydrogens is 376 g/mol. The van der Waals surface area contributed by atoms with Crippen LogP contribution < -0.4 is 15.4 Å². The van der Waals surface area contributed by atoms with Gasteiger partial charge in [-0.15, -0.1) is 0 Å². The summed E-state index contributed by atoms with van der Waals surface area (Å²) in [5.41, 5.74) is 9.09. The molecule has 4 rings (SSSR count). The number of anilines is 2. The molecule has 3 aromatic rings. The van der Waals surface area contributed by atoms with E-state index < -0.39 is 16.2 Å². The highest BCUT2D eigenvalue weighted by Crippen LogP contribution is 2.33. The molecule has 0 fully saturated rings. The summed E-state index contributed by atoms with van der Waals surface area (Å²) in [4.78, 5) is 6.01. The molecule has 1 unspecified atom stereocenters. The van der Waals surface area contributed by atoms with Crippen molar-refractivity contribution in [2.45, 2.75) is 6.17 Å². The van der Waals surface area contributed by atoms with Crippen LogP contribution in [0.4, 0.5) is 17.3 Å². The average molecular weight is 394 g/mol. The molecule has 0 aliphatic carbocycles. The van der Waals surface area contributed by atoms with Crippen LogP contribution in [-0.2, 0) is 10.0 Å². The predicted octanol–water partition coefficient (Wildman–Crippen LogP) is 3.83. The van der Waals surface area contributed by atoms with Crippen molar-refractivity contribution in [2.24, 2.45) is 10.7 Å². The van der Waals surface area contributed by atoms with Crippen LogP contribution in [0.5, 0.6) is 0 Å². The number of furan rings is 1. The van der Waals surface area contributed by atoms with Gasteiger partial charge in [0.1, 0.15) is 12.5 Å². The summed E-state index contributed by atoms with van der Waals surface area (Å²) in [5.74, 6) is 0.498. The maximum atomic E-state index is 12.3. The number of fused-ring (bicyclic) bond motifs is 1. The largest absolute Gasteiger partial charge is 0.446 e. The van der Waals surface area contributed by atoms with Crippen LogP contribution in [0.2, 0.25) is 0 Å². The number of nitrogens with two attached hydrogens (primary N) is 1. The van der Waals surface area contributed by atoms with Crippen molar-refractivity contribution in [1.29, 1.82) is 0 Å². The third-order valence-corrected chi connectivity index (χ3v) is 5.27. The molecule has 2 aromatic carbocycles.